The minimum Gasteiger partial charge on any atom is -0.237 e. The Bertz CT molecular complexity index is 404. The van der Waals surface area contributed by atoms with E-state index < -0.39 is 0 Å². The van der Waals surface area contributed by atoms with Crippen molar-refractivity contribution in [3.63, 3.8) is 0 Å². The fraction of sp³-hybridized carbons (Fsp3) is 0.455. The van der Waals surface area contributed by atoms with Crippen molar-refractivity contribution in [2.45, 2.75) is 34.1 Å². The number of hydrogen-bond donors (Lipinski definition) is 0. The first-order valence-corrected chi connectivity index (χ1v) is 5.10. The molecule has 3 heteroatoms. The molecule has 0 aliphatic carbocycles. The molecule has 2 rings (SSSR count). The maximum atomic E-state index is 4.35. The molecule has 2 aromatic heterocycles. The van der Waals surface area contributed by atoms with Crippen molar-refractivity contribution in [3.8, 4) is 0 Å². The van der Waals surface area contributed by atoms with E-state index in [1.165, 1.54) is 0 Å². The smallest absolute Gasteiger partial charge is 0.155 e. The summed E-state index contributed by atoms with van der Waals surface area (Å²) in [7, 11) is 0. The Morgan fingerprint density at radius 1 is 1.36 bits per heavy atom. The molecule has 0 radical (unpaired) electrons. The molecule has 0 spiro atoms. The van der Waals surface area contributed by atoms with Gasteiger partial charge in [0, 0.05) is 18.5 Å². The summed E-state index contributed by atoms with van der Waals surface area (Å²) < 4.78 is 1.83. The van der Waals surface area contributed by atoms with Crippen LogP contribution in [0.15, 0.2) is 18.5 Å². The number of aryl methyl sites for hydroxylation is 2. The fourth-order valence-corrected chi connectivity index (χ4v) is 1.19. The van der Waals surface area contributed by atoms with E-state index in [2.05, 4.69) is 17.0 Å². The molecule has 0 bridgehead atoms. The Hall–Kier alpha value is -1.38. The Morgan fingerprint density at radius 3 is 2.71 bits per heavy atom. The summed E-state index contributed by atoms with van der Waals surface area (Å²) in [6, 6.07) is 2.01. The van der Waals surface area contributed by atoms with E-state index in [1.807, 2.05) is 43.7 Å². The number of hydrogen-bond acceptors (Lipinski definition) is 2. The average molecular weight is 191 g/mol. The minimum atomic E-state index is 0.928. The maximum Gasteiger partial charge on any atom is 0.155 e. The topological polar surface area (TPSA) is 30.2 Å². The van der Waals surface area contributed by atoms with Crippen LogP contribution in [0.2, 0.25) is 0 Å². The highest BCUT2D eigenvalue weighted by Crippen LogP contribution is 2.04. The predicted molar refractivity (Wildman–Crippen MR) is 58.5 cm³/mol. The van der Waals surface area contributed by atoms with Crippen molar-refractivity contribution in [2.75, 3.05) is 0 Å². The highest BCUT2D eigenvalue weighted by molar-refractivity contribution is 5.39. The van der Waals surface area contributed by atoms with Crippen LogP contribution in [0.3, 0.4) is 0 Å². The largest absolute Gasteiger partial charge is 0.237 e. The molecule has 0 aliphatic heterocycles. The van der Waals surface area contributed by atoms with E-state index in [-0.39, 0.29) is 0 Å². The first-order chi connectivity index (χ1) is 6.79. The van der Waals surface area contributed by atoms with Crippen LogP contribution in [0.4, 0.5) is 0 Å². The second-order valence-corrected chi connectivity index (χ2v) is 2.92. The lowest BCUT2D eigenvalue weighted by atomic mass is 10.3. The zero-order valence-electron chi connectivity index (χ0n) is 9.28. The van der Waals surface area contributed by atoms with Gasteiger partial charge in [-0.15, -0.1) is 0 Å². The van der Waals surface area contributed by atoms with Crippen molar-refractivity contribution >= 4 is 5.65 Å². The predicted octanol–water partition coefficient (Wildman–Crippen LogP) is 2.63. The lowest BCUT2D eigenvalue weighted by Crippen LogP contribution is -1.90. The molecule has 2 heterocycles. The van der Waals surface area contributed by atoms with Gasteiger partial charge in [0.2, 0.25) is 0 Å². The van der Waals surface area contributed by atoms with Crippen LogP contribution in [-0.2, 0) is 6.42 Å². The summed E-state index contributed by atoms with van der Waals surface area (Å²) in [4.78, 5) is 4.25. The van der Waals surface area contributed by atoms with Crippen LogP contribution >= 0.6 is 0 Å². The molecule has 0 aliphatic rings. The van der Waals surface area contributed by atoms with Gasteiger partial charge in [-0.05, 0) is 18.9 Å². The summed E-state index contributed by atoms with van der Waals surface area (Å²) in [5.74, 6) is 0. The molecule has 0 unspecified atom stereocenters. The summed E-state index contributed by atoms with van der Waals surface area (Å²) >= 11 is 0. The summed E-state index contributed by atoms with van der Waals surface area (Å²) in [6.07, 6.45) is 4.81. The van der Waals surface area contributed by atoms with Crippen LogP contribution in [0.1, 0.15) is 32.0 Å². The van der Waals surface area contributed by atoms with E-state index in [9.17, 15) is 0 Å². The third kappa shape index (κ3) is 2.10. The molecular formula is C11H17N3. The van der Waals surface area contributed by atoms with Crippen LogP contribution in [0.5, 0.6) is 0 Å². The zero-order valence-corrected chi connectivity index (χ0v) is 9.28. The normalized spacial score (nSPS) is 9.71. The van der Waals surface area contributed by atoms with Crippen molar-refractivity contribution in [1.82, 2.24) is 14.6 Å². The van der Waals surface area contributed by atoms with Gasteiger partial charge in [-0.1, -0.05) is 20.8 Å². The lowest BCUT2D eigenvalue weighted by Gasteiger charge is -1.92. The molecule has 0 atom stereocenters. The van der Waals surface area contributed by atoms with Crippen molar-refractivity contribution < 1.29 is 0 Å². The van der Waals surface area contributed by atoms with Crippen molar-refractivity contribution in [3.05, 3.63) is 29.7 Å². The summed E-state index contributed by atoms with van der Waals surface area (Å²) in [6.45, 7) is 8.11. The molecule has 3 nitrogen and oxygen atoms in total. The van der Waals surface area contributed by atoms with Crippen LogP contribution in [0.25, 0.3) is 5.65 Å². The quantitative estimate of drug-likeness (QED) is 0.693. The molecule has 0 saturated carbocycles. The third-order valence-electron chi connectivity index (χ3n) is 1.86. The Balaban J connectivity index is 0.000000461. The summed E-state index contributed by atoms with van der Waals surface area (Å²) in [5, 5.41) is 4.35. The minimum absolute atomic E-state index is 0.928. The molecule has 0 fully saturated rings. The van der Waals surface area contributed by atoms with Gasteiger partial charge in [-0.2, -0.15) is 5.10 Å². The first kappa shape index (κ1) is 10.7. The number of rotatable bonds is 1. The van der Waals surface area contributed by atoms with E-state index >= 15 is 0 Å². The summed E-state index contributed by atoms with van der Waals surface area (Å²) in [5.41, 5.74) is 3.15. The lowest BCUT2D eigenvalue weighted by molar-refractivity contribution is 0.880. The first-order valence-electron chi connectivity index (χ1n) is 5.10. The van der Waals surface area contributed by atoms with Crippen LogP contribution in [0, 0.1) is 6.92 Å². The fourth-order valence-electron chi connectivity index (χ4n) is 1.19. The maximum absolute atomic E-state index is 4.35. The van der Waals surface area contributed by atoms with Gasteiger partial charge in [0.1, 0.15) is 0 Å². The van der Waals surface area contributed by atoms with Gasteiger partial charge in [0.25, 0.3) is 0 Å². The van der Waals surface area contributed by atoms with Crippen LogP contribution in [-0.4, -0.2) is 14.6 Å². The third-order valence-corrected chi connectivity index (χ3v) is 1.86. The molecule has 0 saturated heterocycles. The zero-order chi connectivity index (χ0) is 10.6. The number of fused-ring (bicyclic) bond motifs is 1. The number of nitrogens with zero attached hydrogens (tertiary/aromatic N) is 3. The van der Waals surface area contributed by atoms with Gasteiger partial charge in [-0.25, -0.2) is 9.50 Å². The highest BCUT2D eigenvalue weighted by Gasteiger charge is 1.99. The Labute approximate surface area is 84.8 Å². The molecule has 0 aromatic carbocycles. The molecule has 14 heavy (non-hydrogen) atoms. The standard InChI is InChI=1S/C9H11N3.C2H6/c1-3-8-4-9-10-5-7(2)6-12(9)11-8;1-2/h4-6H,3H2,1-2H3;1-2H3. The van der Waals surface area contributed by atoms with Crippen molar-refractivity contribution in [1.29, 1.82) is 0 Å². The molecule has 0 amide bonds. The second kappa shape index (κ2) is 4.74. The van der Waals surface area contributed by atoms with Gasteiger partial charge in [0.05, 0.1) is 5.69 Å². The molecule has 2 aromatic rings. The van der Waals surface area contributed by atoms with Gasteiger partial charge >= 0.3 is 0 Å². The molecular weight excluding hydrogens is 174 g/mol. The van der Waals surface area contributed by atoms with Crippen LogP contribution < -0.4 is 0 Å². The van der Waals surface area contributed by atoms with Gasteiger partial charge in [0.15, 0.2) is 5.65 Å². The van der Waals surface area contributed by atoms with Gasteiger partial charge < -0.3 is 0 Å². The SMILES string of the molecule is CC.CCc1cc2ncc(C)cn2n1. The van der Waals surface area contributed by atoms with E-state index in [4.69, 9.17) is 0 Å². The average Bonchev–Trinajstić information content (AvgIpc) is 2.62. The van der Waals surface area contributed by atoms with E-state index in [0.29, 0.717) is 0 Å². The van der Waals surface area contributed by atoms with Gasteiger partial charge in [-0.3, -0.25) is 0 Å². The number of aromatic nitrogens is 3. The molecule has 76 valence electrons. The monoisotopic (exact) mass is 191 g/mol. The Morgan fingerprint density at radius 2 is 2.07 bits per heavy atom. The van der Waals surface area contributed by atoms with Crippen molar-refractivity contribution in [2.24, 2.45) is 0 Å². The molecule has 0 N–H and O–H groups in total. The van der Waals surface area contributed by atoms with E-state index in [0.717, 1.165) is 23.3 Å². The highest BCUT2D eigenvalue weighted by atomic mass is 15.2. The van der Waals surface area contributed by atoms with E-state index in [1.54, 1.807) is 0 Å². The Kier molecular flexibility index (Phi) is 3.63. The second-order valence-electron chi connectivity index (χ2n) is 2.92.